The number of benzene rings is 1. The van der Waals surface area contributed by atoms with Gasteiger partial charge in [-0.1, -0.05) is 12.1 Å². The summed E-state index contributed by atoms with van der Waals surface area (Å²) in [4.78, 5) is 0. The quantitative estimate of drug-likeness (QED) is 0.663. The monoisotopic (exact) mass is 192 g/mol. The molecule has 0 atom stereocenters. The maximum Gasteiger partial charge on any atom is 0.492 e. The molecule has 2 rings (SSSR count). The first-order chi connectivity index (χ1) is 6.74. The Kier molecular flexibility index (Phi) is 2.19. The summed E-state index contributed by atoms with van der Waals surface area (Å²) in [6, 6.07) is 5.26. The van der Waals surface area contributed by atoms with Crippen molar-refractivity contribution in [2.24, 2.45) is 0 Å². The van der Waals surface area contributed by atoms with E-state index in [2.05, 4.69) is 0 Å². The largest absolute Gasteiger partial charge is 0.493 e. The van der Waals surface area contributed by atoms with Crippen LogP contribution in [0.2, 0.25) is 0 Å². The van der Waals surface area contributed by atoms with Crippen LogP contribution >= 0.6 is 0 Å². The van der Waals surface area contributed by atoms with Gasteiger partial charge in [-0.3, -0.25) is 0 Å². The Hall–Kier alpha value is -1.46. The van der Waals surface area contributed by atoms with Crippen molar-refractivity contribution in [2.75, 3.05) is 7.11 Å². The van der Waals surface area contributed by atoms with Crippen molar-refractivity contribution in [3.05, 3.63) is 24.5 Å². The fourth-order valence-electron chi connectivity index (χ4n) is 1.41. The molecule has 1 heterocycles. The number of furan rings is 1. The first kappa shape index (κ1) is 9.11. The molecule has 1 aromatic carbocycles. The average molecular weight is 192 g/mol. The molecule has 0 spiro atoms. The maximum absolute atomic E-state index is 9.03. The molecular formula is C9H9BO4. The average Bonchev–Trinajstić information content (AvgIpc) is 2.60. The van der Waals surface area contributed by atoms with Crippen molar-refractivity contribution in [3.63, 3.8) is 0 Å². The smallest absolute Gasteiger partial charge is 0.492 e. The van der Waals surface area contributed by atoms with Gasteiger partial charge in [0.1, 0.15) is 0 Å². The van der Waals surface area contributed by atoms with Gasteiger partial charge >= 0.3 is 7.12 Å². The zero-order valence-electron chi connectivity index (χ0n) is 7.60. The van der Waals surface area contributed by atoms with E-state index in [1.165, 1.54) is 13.4 Å². The second-order valence-electron chi connectivity index (χ2n) is 2.90. The van der Waals surface area contributed by atoms with Crippen molar-refractivity contribution in [1.29, 1.82) is 0 Å². The topological polar surface area (TPSA) is 62.8 Å². The van der Waals surface area contributed by atoms with Gasteiger partial charge in [-0.2, -0.15) is 0 Å². The highest BCUT2D eigenvalue weighted by molar-refractivity contribution is 6.61. The fraction of sp³-hybridized carbons (Fsp3) is 0.111. The summed E-state index contributed by atoms with van der Waals surface area (Å²) in [6.45, 7) is 0. The van der Waals surface area contributed by atoms with Crippen LogP contribution in [0.25, 0.3) is 11.0 Å². The van der Waals surface area contributed by atoms with Crippen LogP contribution in [0.1, 0.15) is 0 Å². The van der Waals surface area contributed by atoms with Crippen molar-refractivity contribution >= 4 is 23.6 Å². The van der Waals surface area contributed by atoms with E-state index in [4.69, 9.17) is 19.2 Å². The lowest BCUT2D eigenvalue weighted by Gasteiger charge is -1.99. The fourth-order valence-corrected chi connectivity index (χ4v) is 1.41. The van der Waals surface area contributed by atoms with Crippen LogP contribution in [0.5, 0.6) is 5.75 Å². The second-order valence-corrected chi connectivity index (χ2v) is 2.90. The Morgan fingerprint density at radius 2 is 2.14 bits per heavy atom. The summed E-state index contributed by atoms with van der Waals surface area (Å²) >= 11 is 0. The van der Waals surface area contributed by atoms with Crippen LogP contribution < -0.4 is 10.2 Å². The molecule has 0 fully saturated rings. The normalized spacial score (nSPS) is 10.5. The Morgan fingerprint density at radius 1 is 1.36 bits per heavy atom. The van der Waals surface area contributed by atoms with Crippen LogP contribution in [-0.2, 0) is 0 Å². The third kappa shape index (κ3) is 1.27. The molecule has 0 aliphatic heterocycles. The van der Waals surface area contributed by atoms with Gasteiger partial charge in [-0.05, 0) is 6.07 Å². The molecule has 0 bridgehead atoms. The third-order valence-electron chi connectivity index (χ3n) is 2.09. The summed E-state index contributed by atoms with van der Waals surface area (Å²) in [6.07, 6.45) is 1.32. The molecule has 2 aromatic rings. The van der Waals surface area contributed by atoms with Crippen LogP contribution in [0.3, 0.4) is 0 Å². The molecule has 0 radical (unpaired) electrons. The summed E-state index contributed by atoms with van der Waals surface area (Å²) in [5, 5.41) is 18.7. The minimum absolute atomic E-state index is 0.346. The maximum atomic E-state index is 9.03. The molecule has 14 heavy (non-hydrogen) atoms. The van der Waals surface area contributed by atoms with Crippen LogP contribution in [0, 0.1) is 0 Å². The van der Waals surface area contributed by atoms with Gasteiger partial charge in [-0.25, -0.2) is 0 Å². The number of ether oxygens (including phenoxy) is 1. The highest BCUT2D eigenvalue weighted by Crippen LogP contribution is 2.24. The van der Waals surface area contributed by atoms with E-state index < -0.39 is 7.12 Å². The van der Waals surface area contributed by atoms with Gasteiger partial charge in [-0.15, -0.1) is 0 Å². The highest BCUT2D eigenvalue weighted by atomic mass is 16.5. The molecule has 72 valence electrons. The first-order valence-electron chi connectivity index (χ1n) is 4.14. The minimum Gasteiger partial charge on any atom is -0.493 e. The summed E-state index contributed by atoms with van der Waals surface area (Å²) in [7, 11) is 0.00940. The Morgan fingerprint density at radius 3 is 2.79 bits per heavy atom. The number of rotatable bonds is 2. The predicted molar refractivity (Wildman–Crippen MR) is 52.6 cm³/mol. The lowest BCUT2D eigenvalue weighted by Crippen LogP contribution is -2.28. The molecule has 0 saturated heterocycles. The molecule has 0 aliphatic rings. The van der Waals surface area contributed by atoms with Crippen LogP contribution in [0.4, 0.5) is 0 Å². The summed E-state index contributed by atoms with van der Waals surface area (Å²) in [5.41, 5.74) is 0.872. The summed E-state index contributed by atoms with van der Waals surface area (Å²) < 4.78 is 10.3. The lowest BCUT2D eigenvalue weighted by molar-refractivity contribution is 0.410. The molecule has 5 heteroatoms. The number of methoxy groups -OCH3 is 1. The zero-order chi connectivity index (χ0) is 10.1. The Balaban J connectivity index is 2.69. The van der Waals surface area contributed by atoms with Gasteiger partial charge in [0.25, 0.3) is 0 Å². The Bertz CT molecular complexity index is 449. The van der Waals surface area contributed by atoms with Gasteiger partial charge in [0.15, 0.2) is 11.3 Å². The molecule has 4 nitrogen and oxygen atoms in total. The first-order valence-corrected chi connectivity index (χ1v) is 4.14. The SMILES string of the molecule is COc1cccc2c(B(O)O)coc12. The standard InChI is InChI=1S/C9H9BO4/c1-13-8-4-2-3-6-7(10(11)12)5-14-9(6)8/h2-5,11-12H,1H3. The van der Waals surface area contributed by atoms with E-state index >= 15 is 0 Å². The van der Waals surface area contributed by atoms with E-state index in [1.54, 1.807) is 18.2 Å². The van der Waals surface area contributed by atoms with Crippen molar-refractivity contribution in [2.45, 2.75) is 0 Å². The van der Waals surface area contributed by atoms with Gasteiger partial charge in [0.2, 0.25) is 0 Å². The molecule has 0 amide bonds. The third-order valence-corrected chi connectivity index (χ3v) is 2.09. The van der Waals surface area contributed by atoms with Crippen molar-refractivity contribution in [3.8, 4) is 5.75 Å². The van der Waals surface area contributed by atoms with E-state index in [0.717, 1.165) is 0 Å². The van der Waals surface area contributed by atoms with E-state index in [0.29, 0.717) is 22.2 Å². The lowest BCUT2D eigenvalue weighted by atomic mass is 9.80. The summed E-state index contributed by atoms with van der Waals surface area (Å²) in [5.74, 6) is 0.578. The molecule has 2 N–H and O–H groups in total. The molecular weight excluding hydrogens is 183 g/mol. The Labute approximate surface area is 80.9 Å². The van der Waals surface area contributed by atoms with Crippen molar-refractivity contribution < 1.29 is 19.2 Å². The number of para-hydroxylation sites is 1. The van der Waals surface area contributed by atoms with Gasteiger partial charge < -0.3 is 19.2 Å². The van der Waals surface area contributed by atoms with E-state index in [-0.39, 0.29) is 0 Å². The van der Waals surface area contributed by atoms with Crippen LogP contribution in [-0.4, -0.2) is 24.3 Å². The molecule has 0 saturated carbocycles. The minimum atomic E-state index is -1.52. The molecule has 0 unspecified atom stereocenters. The second kappa shape index (κ2) is 3.36. The predicted octanol–water partition coefficient (Wildman–Crippen LogP) is 0.121. The molecule has 1 aromatic heterocycles. The van der Waals surface area contributed by atoms with Gasteiger partial charge in [0.05, 0.1) is 13.4 Å². The van der Waals surface area contributed by atoms with E-state index in [9.17, 15) is 0 Å². The van der Waals surface area contributed by atoms with Crippen LogP contribution in [0.15, 0.2) is 28.9 Å². The van der Waals surface area contributed by atoms with Crippen molar-refractivity contribution in [1.82, 2.24) is 0 Å². The number of fused-ring (bicyclic) bond motifs is 1. The highest BCUT2D eigenvalue weighted by Gasteiger charge is 2.19. The molecule has 0 aliphatic carbocycles. The number of hydrogen-bond donors (Lipinski definition) is 2. The van der Waals surface area contributed by atoms with Gasteiger partial charge in [0, 0.05) is 10.8 Å². The number of hydrogen-bond acceptors (Lipinski definition) is 4. The zero-order valence-corrected chi connectivity index (χ0v) is 7.60. The van der Waals surface area contributed by atoms with E-state index in [1.807, 2.05) is 0 Å².